The van der Waals surface area contributed by atoms with E-state index in [1.807, 2.05) is 60.8 Å². The fourth-order valence-corrected chi connectivity index (χ4v) is 6.54. The fourth-order valence-electron chi connectivity index (χ4n) is 6.54. The zero-order chi connectivity index (χ0) is 49.3. The lowest BCUT2D eigenvalue weighted by Gasteiger charge is -2.18. The Morgan fingerprint density at radius 2 is 0.603 bits per heavy atom. The predicted molar refractivity (Wildman–Crippen MR) is 292 cm³/mol. The first-order chi connectivity index (χ1) is 33.5. The van der Waals surface area contributed by atoms with Crippen molar-refractivity contribution in [3.05, 3.63) is 158 Å². The molecular formula is C62H94O6. The van der Waals surface area contributed by atoms with Gasteiger partial charge < -0.3 is 14.2 Å². The molecule has 0 N–H and O–H groups in total. The smallest absolute Gasteiger partial charge is 0.306 e. The highest BCUT2D eigenvalue weighted by Gasteiger charge is 2.19. The van der Waals surface area contributed by atoms with Crippen molar-refractivity contribution in [1.29, 1.82) is 0 Å². The summed E-state index contributed by atoms with van der Waals surface area (Å²) >= 11 is 0. The molecule has 0 rings (SSSR count). The van der Waals surface area contributed by atoms with Crippen molar-refractivity contribution < 1.29 is 28.6 Å². The van der Waals surface area contributed by atoms with Crippen LogP contribution < -0.4 is 0 Å². The first-order valence-corrected chi connectivity index (χ1v) is 26.6. The lowest BCUT2D eigenvalue weighted by Crippen LogP contribution is -2.30. The van der Waals surface area contributed by atoms with Crippen LogP contribution in [0.4, 0.5) is 0 Å². The SMILES string of the molecule is CC\C=C/C=C\C=C/C=C\C=C\C=C/CCCCCC(=O)OC(COC(=O)CCCCCC/C=C\C/C=C\C/C=C\CC)COC(=O)CCCCCCCC/C=C\C/C=C\C/C=C\C/C=C\CC. The third-order valence-electron chi connectivity index (χ3n) is 10.4. The Balaban J connectivity index is 4.57. The van der Waals surface area contributed by atoms with Crippen LogP contribution in [0.5, 0.6) is 0 Å². The number of carbonyl (C=O) groups is 3. The molecule has 6 nitrogen and oxygen atoms in total. The summed E-state index contributed by atoms with van der Waals surface area (Å²) in [5, 5.41) is 0. The van der Waals surface area contributed by atoms with Crippen molar-refractivity contribution in [2.45, 2.75) is 200 Å². The van der Waals surface area contributed by atoms with Crippen LogP contribution in [0.2, 0.25) is 0 Å². The molecule has 0 aliphatic heterocycles. The monoisotopic (exact) mass is 935 g/mol. The number of esters is 3. The molecule has 0 aliphatic rings. The topological polar surface area (TPSA) is 78.9 Å². The average molecular weight is 935 g/mol. The molecule has 1 atom stereocenters. The van der Waals surface area contributed by atoms with E-state index in [9.17, 15) is 14.4 Å². The number of allylic oxidation sites excluding steroid dienone is 26. The number of hydrogen-bond acceptors (Lipinski definition) is 6. The molecule has 0 saturated carbocycles. The predicted octanol–water partition coefficient (Wildman–Crippen LogP) is 17.8. The number of hydrogen-bond donors (Lipinski definition) is 0. The van der Waals surface area contributed by atoms with Gasteiger partial charge in [0.2, 0.25) is 0 Å². The Morgan fingerprint density at radius 1 is 0.309 bits per heavy atom. The van der Waals surface area contributed by atoms with E-state index >= 15 is 0 Å². The van der Waals surface area contributed by atoms with Gasteiger partial charge in [-0.15, -0.1) is 0 Å². The van der Waals surface area contributed by atoms with Crippen molar-refractivity contribution in [3.8, 4) is 0 Å². The van der Waals surface area contributed by atoms with Crippen molar-refractivity contribution >= 4 is 17.9 Å². The lowest BCUT2D eigenvalue weighted by molar-refractivity contribution is -0.167. The van der Waals surface area contributed by atoms with Crippen LogP contribution in [0.3, 0.4) is 0 Å². The molecule has 0 aromatic carbocycles. The summed E-state index contributed by atoms with van der Waals surface area (Å²) in [5.74, 6) is -1.01. The van der Waals surface area contributed by atoms with E-state index in [2.05, 4.69) is 118 Å². The van der Waals surface area contributed by atoms with Gasteiger partial charge in [0.25, 0.3) is 0 Å². The van der Waals surface area contributed by atoms with Gasteiger partial charge in [-0.1, -0.05) is 224 Å². The minimum atomic E-state index is -0.825. The normalized spacial score (nSPS) is 13.4. The maximum absolute atomic E-state index is 12.8. The first-order valence-electron chi connectivity index (χ1n) is 26.6. The summed E-state index contributed by atoms with van der Waals surface area (Å²) in [4.78, 5) is 38.1. The van der Waals surface area contributed by atoms with Gasteiger partial charge in [-0.25, -0.2) is 0 Å². The Morgan fingerprint density at radius 3 is 1.01 bits per heavy atom. The maximum atomic E-state index is 12.8. The summed E-state index contributed by atoms with van der Waals surface area (Å²) in [6, 6.07) is 0. The molecule has 1 unspecified atom stereocenters. The van der Waals surface area contributed by atoms with Crippen LogP contribution >= 0.6 is 0 Å². The van der Waals surface area contributed by atoms with E-state index in [1.165, 1.54) is 12.8 Å². The summed E-state index contributed by atoms with van der Waals surface area (Å²) in [6.45, 7) is 6.17. The number of carbonyl (C=O) groups excluding carboxylic acids is 3. The van der Waals surface area contributed by atoms with E-state index in [0.717, 1.165) is 135 Å². The molecule has 0 spiro atoms. The summed E-state index contributed by atoms with van der Waals surface area (Å²) in [6.07, 6.45) is 79.3. The standard InChI is InChI=1S/C62H94O6/c1-4-7-10-13-16-19-22-25-28-30-31-33-34-37-40-43-46-49-52-55-61(64)67-58-59(57-66-60(63)54-51-48-45-42-39-36-27-24-21-18-15-12-9-6-3)68-62(65)56-53-50-47-44-41-38-35-32-29-26-23-20-17-14-11-8-5-2/h7-12,14,16-21,23,25-29,31-33,35-36,38,41,59H,4-6,13,15,22,24,30,34,37,39-40,42-58H2,1-3H3/b10-7-,11-8-,12-9-,17-14-,19-16-,21-18-,23-20-,28-25-,29-26-,33-31-,35-32+,36-27-,41-38-. The third kappa shape index (κ3) is 52.0. The highest BCUT2D eigenvalue weighted by molar-refractivity contribution is 5.71. The molecule has 6 heteroatoms. The van der Waals surface area contributed by atoms with E-state index in [4.69, 9.17) is 14.2 Å². The zero-order valence-corrected chi connectivity index (χ0v) is 43.0. The highest BCUT2D eigenvalue weighted by atomic mass is 16.6. The number of ether oxygens (including phenoxy) is 3. The first kappa shape index (κ1) is 63.0. The second-order valence-corrected chi connectivity index (χ2v) is 16.8. The summed E-state index contributed by atoms with van der Waals surface area (Å²) < 4.78 is 16.8. The molecule has 68 heavy (non-hydrogen) atoms. The van der Waals surface area contributed by atoms with Crippen LogP contribution in [0.15, 0.2) is 158 Å². The Labute approximate surface area is 416 Å². The summed E-state index contributed by atoms with van der Waals surface area (Å²) in [7, 11) is 0. The van der Waals surface area contributed by atoms with Crippen LogP contribution in [-0.4, -0.2) is 37.2 Å². The van der Waals surface area contributed by atoms with Crippen molar-refractivity contribution in [2.24, 2.45) is 0 Å². The Hall–Kier alpha value is -4.97. The van der Waals surface area contributed by atoms with Gasteiger partial charge in [0.15, 0.2) is 6.10 Å². The van der Waals surface area contributed by atoms with Gasteiger partial charge in [0, 0.05) is 19.3 Å². The van der Waals surface area contributed by atoms with Gasteiger partial charge >= 0.3 is 17.9 Å². The molecule has 0 heterocycles. The quantitative estimate of drug-likeness (QED) is 0.0199. The van der Waals surface area contributed by atoms with Crippen LogP contribution in [-0.2, 0) is 28.6 Å². The largest absolute Gasteiger partial charge is 0.462 e. The second kappa shape index (κ2) is 54.6. The Bertz CT molecular complexity index is 1590. The van der Waals surface area contributed by atoms with Crippen LogP contribution in [0, 0.1) is 0 Å². The van der Waals surface area contributed by atoms with Crippen molar-refractivity contribution in [3.63, 3.8) is 0 Å². The van der Waals surface area contributed by atoms with E-state index in [-0.39, 0.29) is 37.5 Å². The van der Waals surface area contributed by atoms with Gasteiger partial charge in [-0.05, 0) is 109 Å². The second-order valence-electron chi connectivity index (χ2n) is 16.8. The minimum absolute atomic E-state index is 0.119. The van der Waals surface area contributed by atoms with Gasteiger partial charge in [-0.2, -0.15) is 0 Å². The lowest BCUT2D eigenvalue weighted by atomic mass is 10.1. The molecule has 0 aromatic heterocycles. The molecule has 0 amide bonds. The molecule has 0 aliphatic carbocycles. The average Bonchev–Trinajstić information content (AvgIpc) is 3.34. The van der Waals surface area contributed by atoms with Gasteiger partial charge in [0.05, 0.1) is 0 Å². The molecule has 0 aromatic rings. The minimum Gasteiger partial charge on any atom is -0.462 e. The van der Waals surface area contributed by atoms with Gasteiger partial charge in [0.1, 0.15) is 13.2 Å². The van der Waals surface area contributed by atoms with E-state index < -0.39 is 6.10 Å². The molecular weight excluding hydrogens is 841 g/mol. The molecule has 0 saturated heterocycles. The van der Waals surface area contributed by atoms with Crippen LogP contribution in [0.25, 0.3) is 0 Å². The molecule has 378 valence electrons. The number of unbranched alkanes of at least 4 members (excludes halogenated alkanes) is 13. The van der Waals surface area contributed by atoms with Crippen molar-refractivity contribution in [2.75, 3.05) is 13.2 Å². The van der Waals surface area contributed by atoms with E-state index in [1.54, 1.807) is 0 Å². The maximum Gasteiger partial charge on any atom is 0.306 e. The molecule has 0 fully saturated rings. The Kier molecular flexibility index (Phi) is 50.6. The molecule has 0 radical (unpaired) electrons. The fraction of sp³-hybridized carbons (Fsp3) is 0.532. The van der Waals surface area contributed by atoms with Crippen molar-refractivity contribution in [1.82, 2.24) is 0 Å². The summed E-state index contributed by atoms with van der Waals surface area (Å²) in [5.41, 5.74) is 0. The molecule has 0 bridgehead atoms. The highest BCUT2D eigenvalue weighted by Crippen LogP contribution is 2.12. The third-order valence-corrected chi connectivity index (χ3v) is 10.4. The van der Waals surface area contributed by atoms with E-state index in [0.29, 0.717) is 19.3 Å². The van der Waals surface area contributed by atoms with Gasteiger partial charge in [-0.3, -0.25) is 14.4 Å². The van der Waals surface area contributed by atoms with Crippen LogP contribution in [0.1, 0.15) is 194 Å². The number of rotatable bonds is 45. The zero-order valence-electron chi connectivity index (χ0n) is 43.0.